The molecule has 1 aliphatic heterocycles. The summed E-state index contributed by atoms with van der Waals surface area (Å²) in [5.74, 6) is 0.945. The molecule has 0 radical (unpaired) electrons. The highest BCUT2D eigenvalue weighted by atomic mass is 15.2. The van der Waals surface area contributed by atoms with Crippen LogP contribution in [-0.4, -0.2) is 50.4 Å². The fourth-order valence-electron chi connectivity index (χ4n) is 3.80. The highest BCUT2D eigenvalue weighted by Gasteiger charge is 2.25. The molecule has 2 aromatic rings. The maximum Gasteiger partial charge on any atom is 0.128 e. The Morgan fingerprint density at radius 3 is 2.65 bits per heavy atom. The van der Waals surface area contributed by atoms with Gasteiger partial charge in [0.05, 0.1) is 5.69 Å². The molecule has 0 bridgehead atoms. The lowest BCUT2D eigenvalue weighted by Crippen LogP contribution is -2.40. The molecule has 1 atom stereocenters. The summed E-state index contributed by atoms with van der Waals surface area (Å²) in [4.78, 5) is 18.7. The van der Waals surface area contributed by atoms with Crippen LogP contribution in [0.4, 0.5) is 0 Å². The third-order valence-corrected chi connectivity index (χ3v) is 5.12. The Bertz CT molecular complexity index is 643. The van der Waals surface area contributed by atoms with Crippen molar-refractivity contribution in [2.45, 2.75) is 58.7 Å². The first kappa shape index (κ1) is 18.9. The normalized spacial score (nSPS) is 17.9. The van der Waals surface area contributed by atoms with Gasteiger partial charge in [-0.2, -0.15) is 0 Å². The van der Waals surface area contributed by atoms with Crippen LogP contribution in [0.15, 0.2) is 36.8 Å². The standard InChI is InChI=1S/C21H31N5/c1-3-8-21-23-13-18(14-24-21)15-25(16-19-9-5-6-11-22-19)17-20-10-7-12-26(20)4-2/h5-6,9,11,13-14,20H,3-4,7-8,10,12,15-17H2,1-2H3. The third-order valence-electron chi connectivity index (χ3n) is 5.12. The zero-order valence-electron chi connectivity index (χ0n) is 16.1. The molecule has 0 saturated carbocycles. The molecule has 0 aromatic carbocycles. The summed E-state index contributed by atoms with van der Waals surface area (Å²) in [6.07, 6.45) is 10.5. The fourth-order valence-corrected chi connectivity index (χ4v) is 3.80. The zero-order chi connectivity index (χ0) is 18.2. The first-order chi connectivity index (χ1) is 12.8. The van der Waals surface area contributed by atoms with Crippen molar-refractivity contribution in [3.8, 4) is 0 Å². The van der Waals surface area contributed by atoms with E-state index in [-0.39, 0.29) is 0 Å². The van der Waals surface area contributed by atoms with Crippen molar-refractivity contribution < 1.29 is 0 Å². The van der Waals surface area contributed by atoms with Crippen LogP contribution in [0.5, 0.6) is 0 Å². The van der Waals surface area contributed by atoms with Crippen molar-refractivity contribution in [3.05, 3.63) is 53.9 Å². The summed E-state index contributed by atoms with van der Waals surface area (Å²) in [6.45, 7) is 9.60. The lowest BCUT2D eigenvalue weighted by atomic mass is 10.1. The average Bonchev–Trinajstić information content (AvgIpc) is 3.11. The molecule has 2 aromatic heterocycles. The number of aromatic nitrogens is 3. The van der Waals surface area contributed by atoms with E-state index in [2.05, 4.69) is 50.7 Å². The number of nitrogens with zero attached hydrogens (tertiary/aromatic N) is 5. The van der Waals surface area contributed by atoms with Crippen LogP contribution < -0.4 is 0 Å². The zero-order valence-corrected chi connectivity index (χ0v) is 16.1. The molecule has 0 amide bonds. The second kappa shape index (κ2) is 9.74. The van der Waals surface area contributed by atoms with Crippen molar-refractivity contribution >= 4 is 0 Å². The lowest BCUT2D eigenvalue weighted by molar-refractivity contribution is 0.164. The Hall–Kier alpha value is -1.85. The van der Waals surface area contributed by atoms with Crippen LogP contribution in [0.25, 0.3) is 0 Å². The third kappa shape index (κ3) is 5.32. The van der Waals surface area contributed by atoms with Crippen LogP contribution in [0.1, 0.15) is 50.2 Å². The van der Waals surface area contributed by atoms with Gasteiger partial charge in [-0.3, -0.25) is 14.8 Å². The van der Waals surface area contributed by atoms with Gasteiger partial charge in [-0.25, -0.2) is 9.97 Å². The van der Waals surface area contributed by atoms with Gasteiger partial charge < -0.3 is 0 Å². The number of hydrogen-bond donors (Lipinski definition) is 0. The monoisotopic (exact) mass is 353 g/mol. The van der Waals surface area contributed by atoms with Crippen molar-refractivity contribution in [2.24, 2.45) is 0 Å². The van der Waals surface area contributed by atoms with E-state index in [1.807, 2.05) is 24.7 Å². The summed E-state index contributed by atoms with van der Waals surface area (Å²) in [5, 5.41) is 0. The first-order valence-electron chi connectivity index (χ1n) is 9.94. The molecular weight excluding hydrogens is 322 g/mol. The fraction of sp³-hybridized carbons (Fsp3) is 0.571. The van der Waals surface area contributed by atoms with Gasteiger partial charge in [0.25, 0.3) is 0 Å². The number of pyridine rings is 1. The molecule has 0 aliphatic carbocycles. The molecule has 5 heteroatoms. The Kier molecular flexibility index (Phi) is 7.09. The summed E-state index contributed by atoms with van der Waals surface area (Å²) < 4.78 is 0. The summed E-state index contributed by atoms with van der Waals surface area (Å²) in [7, 11) is 0. The number of likely N-dealkylation sites (N-methyl/N-ethyl adjacent to an activating group) is 1. The highest BCUT2D eigenvalue weighted by molar-refractivity contribution is 5.08. The van der Waals surface area contributed by atoms with Gasteiger partial charge in [-0.1, -0.05) is 19.9 Å². The lowest BCUT2D eigenvalue weighted by Gasteiger charge is -2.30. The van der Waals surface area contributed by atoms with Crippen molar-refractivity contribution in [3.63, 3.8) is 0 Å². The van der Waals surface area contributed by atoms with Crippen LogP contribution >= 0.6 is 0 Å². The Morgan fingerprint density at radius 1 is 1.12 bits per heavy atom. The van der Waals surface area contributed by atoms with Crippen LogP contribution in [0, 0.1) is 0 Å². The number of aryl methyl sites for hydroxylation is 1. The smallest absolute Gasteiger partial charge is 0.128 e. The summed E-state index contributed by atoms with van der Waals surface area (Å²) >= 11 is 0. The largest absolute Gasteiger partial charge is 0.299 e. The molecule has 5 nitrogen and oxygen atoms in total. The quantitative estimate of drug-likeness (QED) is 0.692. The van der Waals surface area contributed by atoms with Crippen LogP contribution in [0.2, 0.25) is 0 Å². The predicted octanol–water partition coefficient (Wildman–Crippen LogP) is 3.31. The minimum Gasteiger partial charge on any atom is -0.299 e. The van der Waals surface area contributed by atoms with Gasteiger partial charge in [0.15, 0.2) is 0 Å². The van der Waals surface area contributed by atoms with Gasteiger partial charge in [0.1, 0.15) is 5.82 Å². The van der Waals surface area contributed by atoms with E-state index in [1.54, 1.807) is 0 Å². The Labute approximate surface area is 157 Å². The maximum atomic E-state index is 4.53. The molecule has 1 saturated heterocycles. The molecular formula is C21H31N5. The van der Waals surface area contributed by atoms with E-state index < -0.39 is 0 Å². The van der Waals surface area contributed by atoms with E-state index in [4.69, 9.17) is 0 Å². The second-order valence-corrected chi connectivity index (χ2v) is 7.17. The molecule has 140 valence electrons. The van der Waals surface area contributed by atoms with Crippen molar-refractivity contribution in [2.75, 3.05) is 19.6 Å². The van der Waals surface area contributed by atoms with E-state index >= 15 is 0 Å². The molecule has 0 spiro atoms. The van der Waals surface area contributed by atoms with E-state index in [0.717, 1.165) is 50.5 Å². The summed E-state index contributed by atoms with van der Waals surface area (Å²) in [5.41, 5.74) is 2.30. The Morgan fingerprint density at radius 2 is 1.96 bits per heavy atom. The molecule has 1 aliphatic rings. The molecule has 26 heavy (non-hydrogen) atoms. The average molecular weight is 354 g/mol. The van der Waals surface area contributed by atoms with Crippen LogP contribution in [0.3, 0.4) is 0 Å². The molecule has 3 heterocycles. The van der Waals surface area contributed by atoms with Crippen molar-refractivity contribution in [1.82, 2.24) is 24.8 Å². The predicted molar refractivity (Wildman–Crippen MR) is 105 cm³/mol. The summed E-state index contributed by atoms with van der Waals surface area (Å²) in [6, 6.07) is 6.80. The molecule has 1 unspecified atom stereocenters. The first-order valence-corrected chi connectivity index (χ1v) is 9.94. The molecule has 3 rings (SSSR count). The number of likely N-dealkylation sites (tertiary alicyclic amines) is 1. The SMILES string of the molecule is CCCc1ncc(CN(Cc2ccccn2)CC2CCCN2CC)cn1. The van der Waals surface area contributed by atoms with E-state index in [0.29, 0.717) is 6.04 Å². The Balaban J connectivity index is 1.69. The number of rotatable bonds is 9. The van der Waals surface area contributed by atoms with Gasteiger partial charge in [-0.15, -0.1) is 0 Å². The van der Waals surface area contributed by atoms with Gasteiger partial charge in [0.2, 0.25) is 0 Å². The number of hydrogen-bond acceptors (Lipinski definition) is 5. The maximum absolute atomic E-state index is 4.53. The van der Waals surface area contributed by atoms with Gasteiger partial charge in [0, 0.05) is 56.3 Å². The van der Waals surface area contributed by atoms with E-state index in [9.17, 15) is 0 Å². The topological polar surface area (TPSA) is 45.2 Å². The minimum atomic E-state index is 0.643. The van der Waals surface area contributed by atoms with E-state index in [1.165, 1.54) is 24.9 Å². The molecule has 0 N–H and O–H groups in total. The minimum absolute atomic E-state index is 0.643. The second-order valence-electron chi connectivity index (χ2n) is 7.17. The van der Waals surface area contributed by atoms with Crippen molar-refractivity contribution in [1.29, 1.82) is 0 Å². The van der Waals surface area contributed by atoms with Gasteiger partial charge >= 0.3 is 0 Å². The van der Waals surface area contributed by atoms with Gasteiger partial charge in [-0.05, 0) is 44.5 Å². The van der Waals surface area contributed by atoms with Crippen LogP contribution in [-0.2, 0) is 19.5 Å². The molecule has 1 fully saturated rings. The highest BCUT2D eigenvalue weighted by Crippen LogP contribution is 2.19.